The average Bonchev–Trinajstić information content (AvgIpc) is 3.77. The van der Waals surface area contributed by atoms with Gasteiger partial charge in [0.25, 0.3) is 0 Å². The highest BCUT2D eigenvalue weighted by atomic mass is 19.1. The third-order valence-corrected chi connectivity index (χ3v) is 13.2. The van der Waals surface area contributed by atoms with Crippen molar-refractivity contribution < 1.29 is 37.9 Å². The minimum Gasteiger partial charge on any atom is -0.508 e. The smallest absolute Gasteiger partial charge is 0.319 e. The van der Waals surface area contributed by atoms with E-state index in [1.165, 1.54) is 44.6 Å². The van der Waals surface area contributed by atoms with Crippen molar-refractivity contribution in [3.05, 3.63) is 41.5 Å². The lowest BCUT2D eigenvalue weighted by Crippen LogP contribution is -2.55. The van der Waals surface area contributed by atoms with Crippen LogP contribution in [0.1, 0.15) is 70.8 Å². The molecule has 2 N–H and O–H groups in total. The summed E-state index contributed by atoms with van der Waals surface area (Å²) >= 11 is 0. The number of aromatic hydroxyl groups is 1. The number of piperidine rings is 1. The number of halogens is 2. The van der Waals surface area contributed by atoms with E-state index in [0.29, 0.717) is 65.8 Å². The van der Waals surface area contributed by atoms with E-state index in [1.54, 1.807) is 13.0 Å². The zero-order chi connectivity index (χ0) is 38.1. The largest absolute Gasteiger partial charge is 0.508 e. The van der Waals surface area contributed by atoms with Gasteiger partial charge in [-0.05, 0) is 99.4 Å². The lowest BCUT2D eigenvalue weighted by atomic mass is 9.74. The van der Waals surface area contributed by atoms with Crippen LogP contribution in [0.5, 0.6) is 17.6 Å². The predicted octanol–water partition coefficient (Wildman–Crippen LogP) is 6.57. The van der Waals surface area contributed by atoms with Crippen molar-refractivity contribution in [2.45, 2.75) is 89.3 Å². The Kier molecular flexibility index (Phi) is 9.30. The summed E-state index contributed by atoms with van der Waals surface area (Å²) in [6.07, 6.45) is 9.38. The molecular weight excluding hydrogens is 708 g/mol. The van der Waals surface area contributed by atoms with Gasteiger partial charge in [-0.3, -0.25) is 4.90 Å². The number of benzene rings is 2. The van der Waals surface area contributed by atoms with E-state index in [1.807, 2.05) is 11.8 Å². The number of aryl methyl sites for hydroxylation is 1. The lowest BCUT2D eigenvalue weighted by Gasteiger charge is -2.49. The first-order chi connectivity index (χ1) is 26.5. The van der Waals surface area contributed by atoms with Crippen LogP contribution < -0.4 is 14.4 Å². The first kappa shape index (κ1) is 36.7. The number of aromatic nitrogens is 3. The number of likely N-dealkylation sites (tertiary alicyclic amines) is 1. The van der Waals surface area contributed by atoms with E-state index in [2.05, 4.69) is 9.88 Å². The van der Waals surface area contributed by atoms with Crippen LogP contribution in [0.2, 0.25) is 0 Å². The van der Waals surface area contributed by atoms with E-state index in [-0.39, 0.29) is 58.4 Å². The van der Waals surface area contributed by atoms with Gasteiger partial charge in [-0.2, -0.15) is 9.97 Å². The standard InChI is InChI=1S/C42H51F2N5O6/c1-4-28-30(43)9-8-25-17-27(50)18-29(32(25)28)35-34(44)36-33(38(45-35)52-3)37(48-15-16-53-21-40(2,51)20-48)47-39(46-36)55-24-42-11-5-7-31(42)49(14-6-12-42)26-10-13-41(19-26)22-54-23-41/h8-9,17-18,26,31,50-51H,4-7,10-16,19-24H2,1-3H3/t26?,31-,40+,42-/m1/s1. The molecule has 9 rings (SSSR count). The number of rotatable bonds is 8. The summed E-state index contributed by atoms with van der Waals surface area (Å²) in [7, 11) is 1.44. The Bertz CT molecular complexity index is 2130. The Morgan fingerprint density at radius 3 is 2.58 bits per heavy atom. The van der Waals surface area contributed by atoms with Crippen LogP contribution in [0.3, 0.4) is 0 Å². The van der Waals surface area contributed by atoms with E-state index in [9.17, 15) is 10.2 Å². The second-order valence-corrected chi connectivity index (χ2v) is 17.1. The number of anilines is 1. The number of fused-ring (bicyclic) bond motifs is 3. The number of methoxy groups -OCH3 is 1. The topological polar surface area (TPSA) is 123 Å². The molecule has 2 aromatic carbocycles. The number of hydrogen-bond acceptors (Lipinski definition) is 11. The van der Waals surface area contributed by atoms with Crippen LogP contribution in [-0.2, 0) is 15.9 Å². The summed E-state index contributed by atoms with van der Waals surface area (Å²) in [4.78, 5) is 19.0. The van der Waals surface area contributed by atoms with Crippen molar-refractivity contribution in [3.8, 4) is 28.9 Å². The van der Waals surface area contributed by atoms with Crippen molar-refractivity contribution in [2.24, 2.45) is 10.8 Å². The third-order valence-electron chi connectivity index (χ3n) is 13.2. The summed E-state index contributed by atoms with van der Waals surface area (Å²) in [6.45, 7) is 7.72. The number of ether oxygens (including phenoxy) is 4. The van der Waals surface area contributed by atoms with Crippen LogP contribution in [0.25, 0.3) is 32.9 Å². The fourth-order valence-corrected chi connectivity index (χ4v) is 10.6. The number of β-amino-alcohol motifs (C(OH)–C–C–N with tert-alkyl or cyclic N) is 1. The van der Waals surface area contributed by atoms with E-state index in [0.717, 1.165) is 51.9 Å². The molecule has 0 bridgehead atoms. The maximum Gasteiger partial charge on any atom is 0.319 e. The number of phenols is 1. The third kappa shape index (κ3) is 6.35. The highest BCUT2D eigenvalue weighted by Crippen LogP contribution is 2.53. The molecule has 2 saturated carbocycles. The molecular formula is C42H51F2N5O6. The molecule has 13 heteroatoms. The van der Waals surface area contributed by atoms with E-state index < -0.39 is 17.2 Å². The van der Waals surface area contributed by atoms with Gasteiger partial charge < -0.3 is 34.1 Å². The van der Waals surface area contributed by atoms with Crippen LogP contribution in [0, 0.1) is 22.5 Å². The Morgan fingerprint density at radius 2 is 1.82 bits per heavy atom. The molecule has 11 nitrogen and oxygen atoms in total. The lowest BCUT2D eigenvalue weighted by molar-refractivity contribution is -0.114. The maximum absolute atomic E-state index is 17.4. The molecule has 1 spiro atoms. The molecule has 2 aliphatic carbocycles. The maximum atomic E-state index is 17.4. The Hall–Kier alpha value is -3.91. The average molecular weight is 760 g/mol. The molecule has 5 heterocycles. The Balaban J connectivity index is 1.15. The molecule has 2 aromatic heterocycles. The molecule has 5 fully saturated rings. The normalized spacial score (nSPS) is 28.1. The molecule has 3 aliphatic heterocycles. The predicted molar refractivity (Wildman–Crippen MR) is 204 cm³/mol. The molecule has 1 unspecified atom stereocenters. The van der Waals surface area contributed by atoms with Gasteiger partial charge in [0.1, 0.15) is 39.6 Å². The van der Waals surface area contributed by atoms with Crippen molar-refractivity contribution in [1.82, 2.24) is 19.9 Å². The summed E-state index contributed by atoms with van der Waals surface area (Å²) in [5.74, 6) is -0.965. The first-order valence-electron chi connectivity index (χ1n) is 19.9. The summed E-state index contributed by atoms with van der Waals surface area (Å²) in [6, 6.07) is 6.81. The molecule has 294 valence electrons. The van der Waals surface area contributed by atoms with Crippen molar-refractivity contribution in [1.29, 1.82) is 0 Å². The highest BCUT2D eigenvalue weighted by Gasteiger charge is 2.54. The van der Waals surface area contributed by atoms with Crippen LogP contribution in [0.4, 0.5) is 14.6 Å². The zero-order valence-electron chi connectivity index (χ0n) is 32.0. The summed E-state index contributed by atoms with van der Waals surface area (Å²) in [5.41, 5.74) is -0.570. The second kappa shape index (κ2) is 13.9. The quantitative estimate of drug-likeness (QED) is 0.203. The fraction of sp³-hybridized carbons (Fsp3) is 0.595. The molecule has 55 heavy (non-hydrogen) atoms. The van der Waals surface area contributed by atoms with Gasteiger partial charge in [-0.1, -0.05) is 19.4 Å². The van der Waals surface area contributed by atoms with E-state index in [4.69, 9.17) is 28.9 Å². The van der Waals surface area contributed by atoms with Crippen molar-refractivity contribution in [3.63, 3.8) is 0 Å². The molecule has 4 aromatic rings. The summed E-state index contributed by atoms with van der Waals surface area (Å²) < 4.78 is 56.5. The number of pyridine rings is 1. The second-order valence-electron chi connectivity index (χ2n) is 17.1. The van der Waals surface area contributed by atoms with Gasteiger partial charge in [-0.25, -0.2) is 13.8 Å². The molecule has 0 radical (unpaired) electrons. The Morgan fingerprint density at radius 1 is 0.982 bits per heavy atom. The fourth-order valence-electron chi connectivity index (χ4n) is 10.6. The number of hydrogen-bond donors (Lipinski definition) is 2. The van der Waals surface area contributed by atoms with Crippen LogP contribution in [-0.4, -0.2) is 108 Å². The molecule has 0 amide bonds. The van der Waals surface area contributed by atoms with Crippen LogP contribution in [0.15, 0.2) is 24.3 Å². The van der Waals surface area contributed by atoms with Crippen molar-refractivity contribution >= 4 is 27.5 Å². The van der Waals surface area contributed by atoms with Gasteiger partial charge in [0.05, 0.1) is 46.7 Å². The first-order valence-corrected chi connectivity index (χ1v) is 19.9. The summed E-state index contributed by atoms with van der Waals surface area (Å²) in [5, 5.41) is 23.2. The molecule has 4 atom stereocenters. The number of phenolic OH excluding ortho intramolecular Hbond substituents is 1. The minimum absolute atomic E-state index is 0.0232. The van der Waals surface area contributed by atoms with Gasteiger partial charge in [0.15, 0.2) is 5.82 Å². The number of nitrogens with zero attached hydrogens (tertiary/aromatic N) is 5. The molecule has 5 aliphatic rings. The van der Waals surface area contributed by atoms with E-state index >= 15 is 8.78 Å². The monoisotopic (exact) mass is 759 g/mol. The van der Waals surface area contributed by atoms with Gasteiger partial charge >= 0.3 is 6.01 Å². The minimum atomic E-state index is -1.22. The van der Waals surface area contributed by atoms with Crippen LogP contribution >= 0.6 is 0 Å². The zero-order valence-corrected chi connectivity index (χ0v) is 32.0. The highest BCUT2D eigenvalue weighted by molar-refractivity contribution is 6.03. The van der Waals surface area contributed by atoms with Crippen molar-refractivity contribution in [2.75, 3.05) is 64.7 Å². The Labute approximate surface area is 319 Å². The van der Waals surface area contributed by atoms with Gasteiger partial charge in [0.2, 0.25) is 5.88 Å². The number of aliphatic hydroxyl groups is 1. The van der Waals surface area contributed by atoms with Gasteiger partial charge in [-0.15, -0.1) is 0 Å². The van der Waals surface area contributed by atoms with Gasteiger partial charge in [0, 0.05) is 35.0 Å². The molecule has 3 saturated heterocycles. The SMILES string of the molecule is CCc1c(F)ccc2cc(O)cc(-c3nc(OC)c4c(N5CCOC[C@@](C)(O)C5)nc(OC[C@]56CCC[C@H]5N(C5CCC7(COC7)C5)CCC6)nc4c3F)c12.